The van der Waals surface area contributed by atoms with Gasteiger partial charge in [0, 0.05) is 75.0 Å². The van der Waals surface area contributed by atoms with Gasteiger partial charge < -0.3 is 15.6 Å². The monoisotopic (exact) mass is 375 g/mol. The lowest BCUT2D eigenvalue weighted by Gasteiger charge is -2.41. The fourth-order valence-corrected chi connectivity index (χ4v) is 3.44. The molecule has 1 saturated heterocycles. The first kappa shape index (κ1) is 19.5. The van der Waals surface area contributed by atoms with E-state index in [0.29, 0.717) is 24.3 Å². The first-order valence-corrected chi connectivity index (χ1v) is 9.05. The fraction of sp³-hybridized carbons (Fsp3) is 0.474. The average molecular weight is 375 g/mol. The van der Waals surface area contributed by atoms with Crippen LogP contribution >= 0.6 is 0 Å². The number of hydrogen-bond acceptors (Lipinski definition) is 7. The van der Waals surface area contributed by atoms with Crippen molar-refractivity contribution in [3.05, 3.63) is 47.5 Å². The molecule has 1 unspecified atom stereocenters. The summed E-state index contributed by atoms with van der Waals surface area (Å²) >= 11 is 0. The number of methoxy groups -OCH3 is 1. The first-order valence-electron chi connectivity index (χ1n) is 9.05. The van der Waals surface area contributed by atoms with Gasteiger partial charge in [-0.15, -0.1) is 0 Å². The van der Waals surface area contributed by atoms with E-state index in [2.05, 4.69) is 19.8 Å². The topological polar surface area (TPSA) is 87.7 Å². The lowest BCUT2D eigenvalue weighted by atomic mass is 10.1. The largest absolute Gasteiger partial charge is 0.497 e. The van der Waals surface area contributed by atoms with Gasteiger partial charge in [-0.2, -0.15) is 0 Å². The summed E-state index contributed by atoms with van der Waals surface area (Å²) in [5.74, 6) is 0.514. The van der Waals surface area contributed by atoms with Crippen molar-refractivity contribution >= 4 is 5.95 Å². The molecule has 3 N–H and O–H groups in total. The van der Waals surface area contributed by atoms with Crippen LogP contribution < -0.4 is 10.5 Å². The number of rotatable bonds is 7. The van der Waals surface area contributed by atoms with Crippen LogP contribution in [0.1, 0.15) is 17.5 Å². The molecule has 0 saturated carbocycles. The zero-order chi connectivity index (χ0) is 19.2. The molecule has 0 amide bonds. The van der Waals surface area contributed by atoms with Gasteiger partial charge in [0.15, 0.2) is 0 Å². The molecule has 146 valence electrons. The summed E-state index contributed by atoms with van der Waals surface area (Å²) in [5.41, 5.74) is 7.17. The normalized spacial score (nSPS) is 18.6. The number of aliphatic hydroxyl groups excluding tert-OH is 1. The Labute approximate surface area is 158 Å². The molecule has 8 heteroatoms. The van der Waals surface area contributed by atoms with Crippen LogP contribution in [-0.4, -0.2) is 64.3 Å². The van der Waals surface area contributed by atoms with Gasteiger partial charge in [0.05, 0.1) is 7.11 Å². The van der Waals surface area contributed by atoms with Crippen LogP contribution in [0.15, 0.2) is 30.6 Å². The summed E-state index contributed by atoms with van der Waals surface area (Å²) in [6, 6.07) is 5.10. The molecule has 2 aromatic rings. The van der Waals surface area contributed by atoms with Gasteiger partial charge in [0.2, 0.25) is 5.95 Å². The molecule has 2 heterocycles. The molecule has 1 aliphatic rings. The molecule has 7 nitrogen and oxygen atoms in total. The highest BCUT2D eigenvalue weighted by molar-refractivity contribution is 5.29. The van der Waals surface area contributed by atoms with E-state index >= 15 is 0 Å². The minimum atomic E-state index is -0.265. The quantitative estimate of drug-likeness (QED) is 0.754. The van der Waals surface area contributed by atoms with Crippen LogP contribution in [0, 0.1) is 5.82 Å². The molecule has 27 heavy (non-hydrogen) atoms. The van der Waals surface area contributed by atoms with Gasteiger partial charge in [-0.05, 0) is 12.5 Å². The van der Waals surface area contributed by atoms with E-state index < -0.39 is 0 Å². The highest BCUT2D eigenvalue weighted by Gasteiger charge is 2.27. The molecule has 1 aromatic carbocycles. The number of aliphatic hydroxyl groups is 1. The second-order valence-corrected chi connectivity index (χ2v) is 6.78. The molecule has 1 aromatic heterocycles. The smallest absolute Gasteiger partial charge is 0.219 e. The third kappa shape index (κ3) is 5.12. The Morgan fingerprint density at radius 3 is 2.70 bits per heavy atom. The Hall–Kier alpha value is -2.29. The lowest BCUT2D eigenvalue weighted by Crippen LogP contribution is -2.52. The van der Waals surface area contributed by atoms with Gasteiger partial charge in [-0.25, -0.2) is 14.4 Å². The molecular formula is C19H26FN5O2. The summed E-state index contributed by atoms with van der Waals surface area (Å²) in [6.45, 7) is 3.79. The first-order chi connectivity index (χ1) is 13.1. The molecule has 1 atom stereocenters. The number of halogens is 1. The van der Waals surface area contributed by atoms with Crippen LogP contribution in [0.2, 0.25) is 0 Å². The standard InChI is InChI=1S/C19H26FN5O2/c1-27-17-3-2-15(18(20)8-17)12-25-6-5-24(13-16(25)4-7-26)11-14-9-22-19(21)23-10-14/h2-3,8-10,16,26H,4-7,11-13H2,1H3,(H2,21,22,23). The van der Waals surface area contributed by atoms with Gasteiger partial charge in [0.25, 0.3) is 0 Å². The van der Waals surface area contributed by atoms with E-state index in [9.17, 15) is 9.50 Å². The van der Waals surface area contributed by atoms with E-state index in [0.717, 1.165) is 31.7 Å². The SMILES string of the molecule is COc1ccc(CN2CCN(Cc3cnc(N)nc3)CC2CCO)c(F)c1. The van der Waals surface area contributed by atoms with Crippen LogP contribution in [0.25, 0.3) is 0 Å². The second-order valence-electron chi connectivity index (χ2n) is 6.78. The van der Waals surface area contributed by atoms with Crippen molar-refractivity contribution in [2.45, 2.75) is 25.6 Å². The maximum absolute atomic E-state index is 14.3. The van der Waals surface area contributed by atoms with Crippen molar-refractivity contribution in [1.82, 2.24) is 19.8 Å². The van der Waals surface area contributed by atoms with Crippen LogP contribution in [0.5, 0.6) is 5.75 Å². The molecule has 1 aliphatic heterocycles. The van der Waals surface area contributed by atoms with Crippen LogP contribution in [0.3, 0.4) is 0 Å². The Kier molecular flexibility index (Phi) is 6.54. The Morgan fingerprint density at radius 2 is 2.04 bits per heavy atom. The minimum Gasteiger partial charge on any atom is -0.497 e. The summed E-state index contributed by atoms with van der Waals surface area (Å²) in [4.78, 5) is 12.6. The molecule has 0 bridgehead atoms. The zero-order valence-corrected chi connectivity index (χ0v) is 15.5. The highest BCUT2D eigenvalue weighted by atomic mass is 19.1. The number of hydrogen-bond donors (Lipinski definition) is 2. The van der Waals surface area contributed by atoms with Crippen molar-refractivity contribution < 1.29 is 14.2 Å². The number of anilines is 1. The predicted molar refractivity (Wildman–Crippen MR) is 101 cm³/mol. The summed E-state index contributed by atoms with van der Waals surface area (Å²) < 4.78 is 19.4. The van der Waals surface area contributed by atoms with Gasteiger partial charge in [-0.1, -0.05) is 6.07 Å². The number of ether oxygens (including phenoxy) is 1. The molecule has 0 spiro atoms. The van der Waals surface area contributed by atoms with Crippen molar-refractivity contribution in [2.24, 2.45) is 0 Å². The fourth-order valence-electron chi connectivity index (χ4n) is 3.44. The number of aromatic nitrogens is 2. The number of nitrogens with two attached hydrogens (primary N) is 1. The summed E-state index contributed by atoms with van der Waals surface area (Å²) in [5, 5.41) is 9.46. The van der Waals surface area contributed by atoms with E-state index in [4.69, 9.17) is 10.5 Å². The Morgan fingerprint density at radius 1 is 1.26 bits per heavy atom. The van der Waals surface area contributed by atoms with E-state index in [1.165, 1.54) is 13.2 Å². The Bertz CT molecular complexity index is 743. The molecule has 0 radical (unpaired) electrons. The summed E-state index contributed by atoms with van der Waals surface area (Å²) in [7, 11) is 1.52. The van der Waals surface area contributed by atoms with Crippen molar-refractivity contribution in [3.8, 4) is 5.75 Å². The van der Waals surface area contributed by atoms with Crippen molar-refractivity contribution in [3.63, 3.8) is 0 Å². The van der Waals surface area contributed by atoms with Gasteiger partial charge in [-0.3, -0.25) is 9.80 Å². The molecular weight excluding hydrogens is 349 g/mol. The van der Waals surface area contributed by atoms with Gasteiger partial charge >= 0.3 is 0 Å². The average Bonchev–Trinajstić information content (AvgIpc) is 2.67. The van der Waals surface area contributed by atoms with E-state index in [1.54, 1.807) is 24.5 Å². The van der Waals surface area contributed by atoms with Crippen molar-refractivity contribution in [1.29, 1.82) is 0 Å². The minimum absolute atomic E-state index is 0.102. The van der Waals surface area contributed by atoms with Gasteiger partial charge in [0.1, 0.15) is 11.6 Å². The maximum Gasteiger partial charge on any atom is 0.219 e. The van der Waals surface area contributed by atoms with E-state index in [1.807, 2.05) is 0 Å². The summed E-state index contributed by atoms with van der Waals surface area (Å²) in [6.07, 6.45) is 4.12. The lowest BCUT2D eigenvalue weighted by molar-refractivity contribution is 0.0492. The van der Waals surface area contributed by atoms with Crippen LogP contribution in [0.4, 0.5) is 10.3 Å². The highest BCUT2D eigenvalue weighted by Crippen LogP contribution is 2.22. The molecule has 1 fully saturated rings. The second kappa shape index (κ2) is 9.07. The maximum atomic E-state index is 14.3. The van der Waals surface area contributed by atoms with Crippen LogP contribution in [-0.2, 0) is 13.1 Å². The zero-order valence-electron chi connectivity index (χ0n) is 15.5. The third-order valence-electron chi connectivity index (χ3n) is 4.92. The number of nitrogens with zero attached hydrogens (tertiary/aromatic N) is 4. The molecule has 0 aliphatic carbocycles. The number of benzene rings is 1. The third-order valence-corrected chi connectivity index (χ3v) is 4.92. The van der Waals surface area contributed by atoms with Crippen molar-refractivity contribution in [2.75, 3.05) is 39.1 Å². The van der Waals surface area contributed by atoms with E-state index in [-0.39, 0.29) is 24.4 Å². The number of nitrogen functional groups attached to an aromatic ring is 1. The predicted octanol–water partition coefficient (Wildman–Crippen LogP) is 1.28. The Balaban J connectivity index is 1.64. The molecule has 3 rings (SSSR count). The number of piperazine rings is 1.